The number of pyridine rings is 1. The molecule has 1 aromatic rings. The molecule has 0 atom stereocenters. The van der Waals surface area contributed by atoms with E-state index in [4.69, 9.17) is 20.6 Å². The first-order chi connectivity index (χ1) is 6.45. The van der Waals surface area contributed by atoms with Crippen molar-refractivity contribution in [3.63, 3.8) is 0 Å². The summed E-state index contributed by atoms with van der Waals surface area (Å²) in [7, 11) is -4.51. The minimum Gasteiger partial charge on any atom is -0.505 e. The lowest BCUT2D eigenvalue weighted by Gasteiger charge is -2.07. The molecule has 1 rings (SSSR count). The first-order valence-corrected chi connectivity index (χ1v) is 5.51. The average Bonchev–Trinajstić information content (AvgIpc) is 2.07. The summed E-state index contributed by atoms with van der Waals surface area (Å²) >= 11 is 0. The smallest absolute Gasteiger partial charge is 0.378 e. The molecule has 0 radical (unpaired) electrons. The van der Waals surface area contributed by atoms with Gasteiger partial charge in [-0.1, -0.05) is 0 Å². The van der Waals surface area contributed by atoms with Crippen molar-refractivity contribution in [3.8, 4) is 5.75 Å². The molecule has 0 fully saturated rings. The lowest BCUT2D eigenvalue weighted by molar-refractivity contribution is 0.383. The molecule has 7 heteroatoms. The highest BCUT2D eigenvalue weighted by molar-refractivity contribution is 7.60. The summed E-state index contributed by atoms with van der Waals surface area (Å²) in [5, 5.41) is 9.15. The predicted octanol–water partition coefficient (Wildman–Crippen LogP) is -0.909. The number of hydrogen-bond acceptors (Lipinski definition) is 4. The van der Waals surface area contributed by atoms with Crippen LogP contribution in [-0.4, -0.2) is 26.4 Å². The van der Waals surface area contributed by atoms with Gasteiger partial charge < -0.3 is 20.6 Å². The Morgan fingerprint density at radius 3 is 2.57 bits per heavy atom. The first kappa shape index (κ1) is 11.1. The Bertz CT molecular complexity index is 376. The van der Waals surface area contributed by atoms with E-state index >= 15 is 0 Å². The maximum atomic E-state index is 10.9. The Balaban J connectivity index is 3.15. The molecule has 0 aliphatic carbocycles. The van der Waals surface area contributed by atoms with Gasteiger partial charge in [0.25, 0.3) is 0 Å². The summed E-state index contributed by atoms with van der Waals surface area (Å²) in [4.78, 5) is 21.3. The van der Waals surface area contributed by atoms with Crippen molar-refractivity contribution < 1.29 is 19.5 Å². The van der Waals surface area contributed by atoms with Crippen LogP contribution in [0.3, 0.4) is 0 Å². The van der Waals surface area contributed by atoms with Crippen LogP contribution in [0.25, 0.3) is 0 Å². The van der Waals surface area contributed by atoms with Gasteiger partial charge in [-0.15, -0.1) is 0 Å². The van der Waals surface area contributed by atoms with Crippen molar-refractivity contribution in [2.45, 2.75) is 6.42 Å². The number of nitrogens with two attached hydrogens (primary N) is 1. The number of aromatic nitrogens is 1. The summed E-state index contributed by atoms with van der Waals surface area (Å²) in [6.45, 7) is 0.332. The van der Waals surface area contributed by atoms with Crippen LogP contribution in [-0.2, 0) is 11.0 Å². The largest absolute Gasteiger partial charge is 0.505 e. The molecule has 14 heavy (non-hydrogen) atoms. The Labute approximate surface area is 80.6 Å². The Kier molecular flexibility index (Phi) is 3.23. The summed E-state index contributed by atoms with van der Waals surface area (Å²) in [5.74, 6) is -0.501. The maximum Gasteiger partial charge on any atom is 0.378 e. The monoisotopic (exact) mass is 218 g/mol. The van der Waals surface area contributed by atoms with E-state index in [1.807, 2.05) is 0 Å². The number of hydrogen-bond donors (Lipinski definition) is 4. The van der Waals surface area contributed by atoms with Gasteiger partial charge in [0.15, 0.2) is 5.44 Å². The molecule has 0 saturated carbocycles. The summed E-state index contributed by atoms with van der Waals surface area (Å²) in [5.41, 5.74) is 5.11. The van der Waals surface area contributed by atoms with Gasteiger partial charge in [-0.3, -0.25) is 4.57 Å². The van der Waals surface area contributed by atoms with Crippen molar-refractivity contribution in [1.29, 1.82) is 0 Å². The second-order valence-electron chi connectivity index (χ2n) is 2.73. The maximum absolute atomic E-state index is 10.9. The second kappa shape index (κ2) is 4.06. The Hall–Kier alpha value is -0.940. The van der Waals surface area contributed by atoms with Crippen LogP contribution < -0.4 is 11.2 Å². The highest BCUT2D eigenvalue weighted by Crippen LogP contribution is 2.35. The lowest BCUT2D eigenvalue weighted by Crippen LogP contribution is -2.14. The van der Waals surface area contributed by atoms with Gasteiger partial charge in [-0.05, 0) is 18.7 Å². The third-order valence-corrected chi connectivity index (χ3v) is 2.47. The van der Waals surface area contributed by atoms with Crippen molar-refractivity contribution >= 4 is 13.0 Å². The van der Waals surface area contributed by atoms with Crippen molar-refractivity contribution in [1.82, 2.24) is 4.98 Å². The fourth-order valence-corrected chi connectivity index (χ4v) is 1.61. The van der Waals surface area contributed by atoms with E-state index in [2.05, 4.69) is 4.98 Å². The highest BCUT2D eigenvalue weighted by atomic mass is 31.2. The standard InChI is InChI=1S/C7H11N2O4P/c8-4-3-5-1-2-6(10)7(9-5)14(11,12)13/h1-2,10H,3-4,8H2,(H2,11,12,13). The summed E-state index contributed by atoms with van der Waals surface area (Å²) < 4.78 is 10.9. The predicted molar refractivity (Wildman–Crippen MR) is 50.3 cm³/mol. The van der Waals surface area contributed by atoms with Gasteiger partial charge >= 0.3 is 7.60 Å². The third kappa shape index (κ3) is 2.52. The molecule has 0 spiro atoms. The van der Waals surface area contributed by atoms with E-state index in [1.165, 1.54) is 12.1 Å². The van der Waals surface area contributed by atoms with E-state index in [0.717, 1.165) is 0 Å². The summed E-state index contributed by atoms with van der Waals surface area (Å²) in [6, 6.07) is 2.67. The quantitative estimate of drug-likeness (QED) is 0.488. The normalized spacial score (nSPS) is 11.6. The number of nitrogens with zero attached hydrogens (tertiary/aromatic N) is 1. The average molecular weight is 218 g/mol. The molecule has 0 bridgehead atoms. The molecule has 0 amide bonds. The van der Waals surface area contributed by atoms with E-state index in [-0.39, 0.29) is 0 Å². The molecule has 1 aromatic heterocycles. The van der Waals surface area contributed by atoms with E-state index in [0.29, 0.717) is 18.7 Å². The molecular formula is C7H11N2O4P. The van der Waals surface area contributed by atoms with Gasteiger partial charge in [0.05, 0.1) is 0 Å². The van der Waals surface area contributed by atoms with Crippen LogP contribution in [0.4, 0.5) is 0 Å². The third-order valence-electron chi connectivity index (χ3n) is 1.59. The molecule has 6 nitrogen and oxygen atoms in total. The van der Waals surface area contributed by atoms with Crippen molar-refractivity contribution in [2.75, 3.05) is 6.54 Å². The summed E-state index contributed by atoms with van der Waals surface area (Å²) in [6.07, 6.45) is 0.410. The lowest BCUT2D eigenvalue weighted by atomic mass is 10.3. The molecule has 0 aliphatic heterocycles. The van der Waals surface area contributed by atoms with Gasteiger partial charge in [0, 0.05) is 12.1 Å². The van der Waals surface area contributed by atoms with Crippen LogP contribution in [0.15, 0.2) is 12.1 Å². The van der Waals surface area contributed by atoms with Gasteiger partial charge in [0.2, 0.25) is 0 Å². The molecule has 1 heterocycles. The molecule has 0 saturated heterocycles. The number of rotatable bonds is 3. The van der Waals surface area contributed by atoms with Crippen LogP contribution in [0.1, 0.15) is 5.69 Å². The fraction of sp³-hybridized carbons (Fsp3) is 0.286. The zero-order valence-corrected chi connectivity index (χ0v) is 8.19. The van der Waals surface area contributed by atoms with Gasteiger partial charge in [-0.2, -0.15) is 0 Å². The minimum atomic E-state index is -4.51. The topological polar surface area (TPSA) is 117 Å². The zero-order valence-electron chi connectivity index (χ0n) is 7.29. The first-order valence-electron chi connectivity index (χ1n) is 3.90. The highest BCUT2D eigenvalue weighted by Gasteiger charge is 2.23. The molecule has 78 valence electrons. The van der Waals surface area contributed by atoms with Crippen LogP contribution in [0, 0.1) is 0 Å². The Morgan fingerprint density at radius 2 is 2.07 bits per heavy atom. The minimum absolute atomic E-state index is 0.332. The molecule has 0 aliphatic rings. The van der Waals surface area contributed by atoms with Crippen LogP contribution in [0.2, 0.25) is 0 Å². The van der Waals surface area contributed by atoms with E-state index in [1.54, 1.807) is 0 Å². The number of aromatic hydroxyl groups is 1. The van der Waals surface area contributed by atoms with Crippen molar-refractivity contribution in [2.24, 2.45) is 5.73 Å². The Morgan fingerprint density at radius 1 is 1.43 bits per heavy atom. The van der Waals surface area contributed by atoms with E-state index in [9.17, 15) is 4.57 Å². The van der Waals surface area contributed by atoms with Crippen LogP contribution >= 0.6 is 7.60 Å². The van der Waals surface area contributed by atoms with Gasteiger partial charge in [0.1, 0.15) is 5.75 Å². The molecule has 0 unspecified atom stereocenters. The fourth-order valence-electron chi connectivity index (χ4n) is 0.982. The SMILES string of the molecule is NCCc1ccc(O)c(P(=O)(O)O)n1. The van der Waals surface area contributed by atoms with Gasteiger partial charge in [-0.25, -0.2) is 4.98 Å². The van der Waals surface area contributed by atoms with Crippen LogP contribution in [0.5, 0.6) is 5.75 Å². The molecular weight excluding hydrogens is 207 g/mol. The zero-order chi connectivity index (χ0) is 10.8. The molecule has 5 N–H and O–H groups in total. The van der Waals surface area contributed by atoms with Crippen molar-refractivity contribution in [3.05, 3.63) is 17.8 Å². The molecule has 0 aromatic carbocycles. The second-order valence-corrected chi connectivity index (χ2v) is 4.24. The van der Waals surface area contributed by atoms with E-state index < -0.39 is 18.8 Å².